The highest BCUT2D eigenvalue weighted by Gasteiger charge is 2.24. The molecule has 0 atom stereocenters. The minimum atomic E-state index is -1.40. The first-order chi connectivity index (χ1) is 9.17. The van der Waals surface area contributed by atoms with Crippen molar-refractivity contribution < 1.29 is 10.2 Å². The van der Waals surface area contributed by atoms with Crippen molar-refractivity contribution >= 4 is 8.07 Å². The van der Waals surface area contributed by atoms with Crippen LogP contribution in [0, 0.1) is 11.5 Å². The lowest BCUT2D eigenvalue weighted by Crippen LogP contribution is -2.29. The summed E-state index contributed by atoms with van der Waals surface area (Å²) in [6.45, 7) is 6.97. The molecule has 108 valence electrons. The van der Waals surface area contributed by atoms with Crippen LogP contribution in [0.15, 0.2) is 23.8 Å². The second-order valence-corrected chi connectivity index (χ2v) is 9.62. The van der Waals surface area contributed by atoms with Gasteiger partial charge in [-0.2, -0.15) is 0 Å². The number of hydrogen-bond acceptors (Lipinski definition) is 2. The molecule has 0 fully saturated rings. The number of hydrogen-bond donors (Lipinski definition) is 2. The van der Waals surface area contributed by atoms with Crippen molar-refractivity contribution in [3.63, 3.8) is 0 Å². The summed E-state index contributed by atoms with van der Waals surface area (Å²) in [5.41, 5.74) is 4.62. The lowest BCUT2D eigenvalue weighted by atomic mass is 10.1. The summed E-state index contributed by atoms with van der Waals surface area (Å²) in [5, 5.41) is 17.7. The van der Waals surface area contributed by atoms with Crippen LogP contribution in [0.3, 0.4) is 0 Å². The van der Waals surface area contributed by atoms with Gasteiger partial charge < -0.3 is 10.2 Å². The monoisotopic (exact) mass is 280 g/mol. The van der Waals surface area contributed by atoms with Gasteiger partial charge in [0.1, 0.15) is 8.07 Å². The van der Waals surface area contributed by atoms with Crippen LogP contribution in [0.5, 0.6) is 0 Å². The van der Waals surface area contributed by atoms with E-state index in [-0.39, 0.29) is 13.2 Å². The molecule has 0 aromatic rings. The Morgan fingerprint density at radius 3 is 2.16 bits per heavy atom. The van der Waals surface area contributed by atoms with Crippen molar-refractivity contribution in [2.24, 2.45) is 0 Å². The van der Waals surface area contributed by atoms with Gasteiger partial charge in [-0.15, -0.1) is 5.54 Å². The van der Waals surface area contributed by atoms with Crippen LogP contribution >= 0.6 is 0 Å². The Labute approximate surface area is 119 Å². The van der Waals surface area contributed by atoms with Gasteiger partial charge in [-0.05, 0) is 31.0 Å². The molecule has 3 heteroatoms. The lowest BCUT2D eigenvalue weighted by molar-refractivity contribution is 0.302. The molecule has 0 aromatic carbocycles. The molecule has 0 aromatic heterocycles. The van der Waals surface area contributed by atoms with E-state index < -0.39 is 8.07 Å². The smallest absolute Gasteiger partial charge is 0.138 e. The number of aliphatic hydroxyl groups excluding tert-OH is 2. The van der Waals surface area contributed by atoms with Gasteiger partial charge in [0, 0.05) is 12.2 Å². The molecular formula is C16H28O2Si. The highest BCUT2D eigenvalue weighted by Crippen LogP contribution is 2.19. The molecule has 0 aliphatic rings. The molecule has 0 aliphatic heterocycles. The Balaban J connectivity index is 4.94. The van der Waals surface area contributed by atoms with Crippen molar-refractivity contribution in [2.75, 3.05) is 13.2 Å². The predicted molar refractivity (Wildman–Crippen MR) is 85.6 cm³/mol. The molecule has 0 amide bonds. The summed E-state index contributed by atoms with van der Waals surface area (Å²) < 4.78 is 0. The van der Waals surface area contributed by atoms with Crippen LogP contribution < -0.4 is 0 Å². The number of aliphatic hydroxyl groups is 2. The topological polar surface area (TPSA) is 40.5 Å². The molecule has 2 N–H and O–H groups in total. The molecule has 0 unspecified atom stereocenters. The van der Waals surface area contributed by atoms with E-state index in [1.54, 1.807) is 6.08 Å². The zero-order valence-electron chi connectivity index (χ0n) is 12.6. The first-order valence-corrected chi connectivity index (χ1v) is 9.89. The van der Waals surface area contributed by atoms with E-state index in [4.69, 9.17) is 10.2 Å². The minimum Gasteiger partial charge on any atom is -0.396 e. The molecule has 0 bridgehead atoms. The second kappa shape index (κ2) is 11.0. The third-order valence-corrected chi connectivity index (χ3v) is 8.36. The van der Waals surface area contributed by atoms with E-state index in [2.05, 4.69) is 32.2 Å². The van der Waals surface area contributed by atoms with E-state index in [0.29, 0.717) is 6.42 Å². The number of allylic oxidation sites excluding steroid dienone is 2. The van der Waals surface area contributed by atoms with E-state index in [1.807, 2.05) is 12.2 Å². The van der Waals surface area contributed by atoms with Crippen LogP contribution in [-0.4, -0.2) is 31.5 Å². The van der Waals surface area contributed by atoms with Crippen molar-refractivity contribution in [1.82, 2.24) is 0 Å². The van der Waals surface area contributed by atoms with Crippen LogP contribution in [0.25, 0.3) is 0 Å². The molecule has 0 radical (unpaired) electrons. The molecule has 2 nitrogen and oxygen atoms in total. The quantitative estimate of drug-likeness (QED) is 0.407. The third kappa shape index (κ3) is 7.37. The van der Waals surface area contributed by atoms with Crippen molar-refractivity contribution in [2.45, 2.75) is 51.7 Å². The van der Waals surface area contributed by atoms with Gasteiger partial charge in [0.2, 0.25) is 0 Å². The molecule has 0 rings (SSSR count). The molecule has 0 spiro atoms. The Bertz CT molecular complexity index is 335. The van der Waals surface area contributed by atoms with Crippen molar-refractivity contribution in [3.05, 3.63) is 23.8 Å². The van der Waals surface area contributed by atoms with E-state index in [0.717, 1.165) is 12.0 Å². The molecule has 0 saturated carbocycles. The first kappa shape index (κ1) is 18.2. The Morgan fingerprint density at radius 2 is 1.68 bits per heavy atom. The van der Waals surface area contributed by atoms with Gasteiger partial charge in [-0.1, -0.05) is 44.9 Å². The highest BCUT2D eigenvalue weighted by atomic mass is 28.3. The van der Waals surface area contributed by atoms with Gasteiger partial charge in [-0.25, -0.2) is 0 Å². The van der Waals surface area contributed by atoms with Crippen LogP contribution in [0.2, 0.25) is 18.1 Å². The fraction of sp³-hybridized carbons (Fsp3) is 0.625. The summed E-state index contributed by atoms with van der Waals surface area (Å²) in [6, 6.07) is 3.60. The van der Waals surface area contributed by atoms with E-state index in [1.165, 1.54) is 18.1 Å². The second-order valence-electron chi connectivity index (χ2n) is 4.69. The summed E-state index contributed by atoms with van der Waals surface area (Å²) in [4.78, 5) is 0. The molecule has 0 heterocycles. The van der Waals surface area contributed by atoms with Gasteiger partial charge in [0.05, 0.1) is 6.61 Å². The Kier molecular flexibility index (Phi) is 10.6. The molecule has 0 aliphatic carbocycles. The summed E-state index contributed by atoms with van der Waals surface area (Å²) in [6.07, 6.45) is 7.07. The van der Waals surface area contributed by atoms with Gasteiger partial charge in [0.15, 0.2) is 0 Å². The van der Waals surface area contributed by atoms with Gasteiger partial charge in [0.25, 0.3) is 0 Å². The van der Waals surface area contributed by atoms with Crippen LogP contribution in [0.1, 0.15) is 33.6 Å². The fourth-order valence-corrected chi connectivity index (χ4v) is 4.39. The van der Waals surface area contributed by atoms with E-state index >= 15 is 0 Å². The zero-order chi connectivity index (χ0) is 14.6. The van der Waals surface area contributed by atoms with Crippen LogP contribution in [-0.2, 0) is 0 Å². The molecule has 0 saturated heterocycles. The highest BCUT2D eigenvalue weighted by molar-refractivity contribution is 6.87. The predicted octanol–water partition coefficient (Wildman–Crippen LogP) is 3.28. The average Bonchev–Trinajstić information content (AvgIpc) is 2.46. The normalized spacial score (nSPS) is 12.6. The Morgan fingerprint density at radius 1 is 1.05 bits per heavy atom. The largest absolute Gasteiger partial charge is 0.396 e. The van der Waals surface area contributed by atoms with Crippen molar-refractivity contribution in [1.29, 1.82) is 0 Å². The fourth-order valence-electron chi connectivity index (χ4n) is 1.94. The van der Waals surface area contributed by atoms with Gasteiger partial charge in [-0.3, -0.25) is 0 Å². The zero-order valence-corrected chi connectivity index (χ0v) is 13.6. The minimum absolute atomic E-state index is 0.0677. The lowest BCUT2D eigenvalue weighted by Gasteiger charge is -2.20. The maximum absolute atomic E-state index is 8.91. The maximum atomic E-state index is 8.91. The molecular weight excluding hydrogens is 252 g/mol. The van der Waals surface area contributed by atoms with E-state index in [9.17, 15) is 0 Å². The summed E-state index contributed by atoms with van der Waals surface area (Å²) >= 11 is 0. The molecule has 19 heavy (non-hydrogen) atoms. The summed E-state index contributed by atoms with van der Waals surface area (Å²) in [5.74, 6) is 3.34. The van der Waals surface area contributed by atoms with Crippen molar-refractivity contribution in [3.8, 4) is 11.5 Å². The number of rotatable bonds is 8. The standard InChI is InChI=1S/C16H28O2Si/c1-4-19(5-2,6-3)15-12-16(11-9-14-18)10-7-8-13-17/h7-8,11,17-18H,4-6,9-10,13-14H2,1-3H3/b8-7+,16-11-. The van der Waals surface area contributed by atoms with Crippen LogP contribution in [0.4, 0.5) is 0 Å². The third-order valence-electron chi connectivity index (χ3n) is 3.65. The Hall–Kier alpha value is -0.823. The average molecular weight is 280 g/mol. The maximum Gasteiger partial charge on any atom is 0.138 e. The van der Waals surface area contributed by atoms with Gasteiger partial charge >= 0.3 is 0 Å². The first-order valence-electron chi connectivity index (χ1n) is 7.26. The SMILES string of the molecule is CC[Si](C#C/C(=C\CCO)C/C=C/CO)(CC)CC. The summed E-state index contributed by atoms with van der Waals surface area (Å²) in [7, 11) is -1.40.